The molecule has 0 spiro atoms. The van der Waals surface area contributed by atoms with E-state index in [9.17, 15) is 9.90 Å². The average molecular weight is 517 g/mol. The van der Waals surface area contributed by atoms with Gasteiger partial charge >= 0.3 is 0 Å². The van der Waals surface area contributed by atoms with Crippen LogP contribution in [0, 0.1) is 13.8 Å². The number of aliphatic hydroxyl groups excluding tert-OH is 1. The van der Waals surface area contributed by atoms with Crippen LogP contribution >= 0.6 is 11.6 Å². The second kappa shape index (κ2) is 10.0. The number of anilines is 1. The van der Waals surface area contributed by atoms with Gasteiger partial charge in [0.1, 0.15) is 17.9 Å². The number of halogens is 1. The van der Waals surface area contributed by atoms with Crippen molar-refractivity contribution in [1.29, 1.82) is 0 Å². The molecule has 5 aromatic rings. The maximum atomic E-state index is 12.5. The molecule has 0 fully saturated rings. The van der Waals surface area contributed by atoms with Crippen LogP contribution in [0.4, 0.5) is 5.69 Å². The SMILES string of the molecule is Cc1cnn(-c2cc(C)nc3c(OCc4c(Cl)cc(CO)nc4Cn4cccc(N)c4=O)cccc23)c1. The van der Waals surface area contributed by atoms with Crippen LogP contribution in [-0.4, -0.2) is 29.4 Å². The van der Waals surface area contributed by atoms with Crippen LogP contribution in [0.25, 0.3) is 16.6 Å². The lowest BCUT2D eigenvalue weighted by Crippen LogP contribution is -2.24. The molecule has 0 saturated heterocycles. The van der Waals surface area contributed by atoms with E-state index in [1.54, 1.807) is 30.6 Å². The van der Waals surface area contributed by atoms with E-state index in [-0.39, 0.29) is 31.0 Å². The fraction of sp³-hybridized carbons (Fsp3) is 0.185. The number of aliphatic hydroxyl groups is 1. The summed E-state index contributed by atoms with van der Waals surface area (Å²) in [6.45, 7) is 3.82. The lowest BCUT2D eigenvalue weighted by molar-refractivity contribution is 0.275. The van der Waals surface area contributed by atoms with Gasteiger partial charge in [0.15, 0.2) is 0 Å². The molecular formula is C27H25ClN6O3. The first kappa shape index (κ1) is 24.5. The van der Waals surface area contributed by atoms with Gasteiger partial charge in [-0.25, -0.2) is 9.67 Å². The Hall–Kier alpha value is -4.21. The Morgan fingerprint density at radius 3 is 2.73 bits per heavy atom. The molecule has 4 heterocycles. The molecule has 0 saturated carbocycles. The Bertz CT molecular complexity index is 1680. The van der Waals surface area contributed by atoms with Crippen LogP contribution in [-0.2, 0) is 19.8 Å². The molecule has 37 heavy (non-hydrogen) atoms. The number of aromatic nitrogens is 5. The van der Waals surface area contributed by atoms with E-state index < -0.39 is 0 Å². The Kier molecular flexibility index (Phi) is 6.64. The van der Waals surface area contributed by atoms with Crippen molar-refractivity contribution in [3.05, 3.63) is 105 Å². The quantitative estimate of drug-likeness (QED) is 0.336. The third kappa shape index (κ3) is 4.91. The summed E-state index contributed by atoms with van der Waals surface area (Å²) in [5.41, 5.74) is 10.5. The van der Waals surface area contributed by atoms with Gasteiger partial charge in [-0.05, 0) is 49.7 Å². The summed E-state index contributed by atoms with van der Waals surface area (Å²) in [6.07, 6.45) is 5.39. The molecule has 0 bridgehead atoms. The number of fused-ring (bicyclic) bond motifs is 1. The molecule has 1 aromatic carbocycles. The minimum absolute atomic E-state index is 0.0783. The maximum absolute atomic E-state index is 12.5. The van der Waals surface area contributed by atoms with Crippen LogP contribution in [0.5, 0.6) is 5.75 Å². The Balaban J connectivity index is 1.53. The summed E-state index contributed by atoms with van der Waals surface area (Å²) in [4.78, 5) is 21.8. The van der Waals surface area contributed by atoms with Crippen LogP contribution in [0.15, 0.2) is 65.8 Å². The highest BCUT2D eigenvalue weighted by Crippen LogP contribution is 2.31. The molecule has 3 N–H and O–H groups in total. The van der Waals surface area contributed by atoms with Crippen molar-refractivity contribution >= 4 is 28.2 Å². The van der Waals surface area contributed by atoms with Crippen LogP contribution < -0.4 is 16.0 Å². The third-order valence-corrected chi connectivity index (χ3v) is 6.32. The molecule has 0 aliphatic heterocycles. The van der Waals surface area contributed by atoms with E-state index in [0.29, 0.717) is 33.2 Å². The van der Waals surface area contributed by atoms with E-state index in [1.165, 1.54) is 4.57 Å². The molecule has 0 aliphatic rings. The highest BCUT2D eigenvalue weighted by atomic mass is 35.5. The normalized spacial score (nSPS) is 11.2. The fourth-order valence-corrected chi connectivity index (χ4v) is 4.47. The van der Waals surface area contributed by atoms with Gasteiger partial charge in [-0.1, -0.05) is 23.7 Å². The van der Waals surface area contributed by atoms with Gasteiger partial charge in [0.2, 0.25) is 0 Å². The lowest BCUT2D eigenvalue weighted by atomic mass is 10.1. The molecule has 0 unspecified atom stereocenters. The number of para-hydroxylation sites is 1. The molecule has 0 amide bonds. The number of nitrogens with zero attached hydrogens (tertiary/aromatic N) is 5. The first-order chi connectivity index (χ1) is 17.8. The Labute approximate surface area is 217 Å². The van der Waals surface area contributed by atoms with Gasteiger partial charge in [0, 0.05) is 29.0 Å². The van der Waals surface area contributed by atoms with Gasteiger partial charge in [-0.2, -0.15) is 5.10 Å². The number of benzene rings is 1. The first-order valence-electron chi connectivity index (χ1n) is 11.6. The van der Waals surface area contributed by atoms with Crippen molar-refractivity contribution in [2.45, 2.75) is 33.6 Å². The number of hydrogen-bond donors (Lipinski definition) is 2. The van der Waals surface area contributed by atoms with Crippen molar-refractivity contribution in [3.8, 4) is 11.4 Å². The van der Waals surface area contributed by atoms with Crippen molar-refractivity contribution in [2.75, 3.05) is 5.73 Å². The number of aryl methyl sites for hydroxylation is 2. The number of ether oxygens (including phenoxy) is 1. The zero-order valence-corrected chi connectivity index (χ0v) is 21.1. The molecular weight excluding hydrogens is 492 g/mol. The molecule has 0 aliphatic carbocycles. The highest BCUT2D eigenvalue weighted by molar-refractivity contribution is 6.31. The van der Waals surface area contributed by atoms with Crippen molar-refractivity contribution in [3.63, 3.8) is 0 Å². The second-order valence-corrected chi connectivity index (χ2v) is 9.17. The molecule has 0 radical (unpaired) electrons. The van der Waals surface area contributed by atoms with Gasteiger partial charge < -0.3 is 20.1 Å². The number of rotatable bonds is 7. The van der Waals surface area contributed by atoms with Crippen molar-refractivity contribution in [2.24, 2.45) is 0 Å². The van der Waals surface area contributed by atoms with Crippen LogP contribution in [0.2, 0.25) is 5.02 Å². The molecule has 4 aromatic heterocycles. The number of nitrogen functional groups attached to an aromatic ring is 1. The van der Waals surface area contributed by atoms with E-state index in [4.69, 9.17) is 27.1 Å². The molecule has 5 rings (SSSR count). The smallest absolute Gasteiger partial charge is 0.274 e. The van der Waals surface area contributed by atoms with Gasteiger partial charge in [-0.15, -0.1) is 0 Å². The molecule has 9 nitrogen and oxygen atoms in total. The van der Waals surface area contributed by atoms with E-state index in [1.807, 2.05) is 49.0 Å². The van der Waals surface area contributed by atoms with Crippen LogP contribution in [0.1, 0.15) is 28.2 Å². The number of nitrogens with two attached hydrogens (primary N) is 1. The lowest BCUT2D eigenvalue weighted by Gasteiger charge is -2.16. The zero-order chi connectivity index (χ0) is 26.1. The zero-order valence-electron chi connectivity index (χ0n) is 20.3. The minimum atomic E-state index is -0.336. The predicted molar refractivity (Wildman–Crippen MR) is 142 cm³/mol. The summed E-state index contributed by atoms with van der Waals surface area (Å²) < 4.78 is 9.52. The summed E-state index contributed by atoms with van der Waals surface area (Å²) in [6, 6.07) is 12.5. The average Bonchev–Trinajstić information content (AvgIpc) is 3.31. The standard InChI is InChI=1S/C27H25ClN6O3/c1-16-11-30-34(12-16)24-9-17(2)31-26-19(24)5-3-7-25(26)37-15-20-21(28)10-18(14-35)32-23(20)13-33-8-4-6-22(29)27(33)36/h3-12,35H,13-15,29H2,1-2H3. The fourth-order valence-electron chi connectivity index (χ4n) is 4.18. The molecule has 0 atom stereocenters. The Morgan fingerprint density at radius 2 is 1.97 bits per heavy atom. The van der Waals surface area contributed by atoms with Crippen molar-refractivity contribution < 1.29 is 9.84 Å². The van der Waals surface area contributed by atoms with Gasteiger partial charge in [0.05, 0.1) is 47.1 Å². The van der Waals surface area contributed by atoms with Gasteiger partial charge in [-0.3, -0.25) is 9.78 Å². The topological polar surface area (TPSA) is 121 Å². The number of hydrogen-bond acceptors (Lipinski definition) is 7. The predicted octanol–water partition coefficient (Wildman–Crippen LogP) is 3.95. The minimum Gasteiger partial charge on any atom is -0.486 e. The van der Waals surface area contributed by atoms with E-state index in [0.717, 1.165) is 22.3 Å². The Morgan fingerprint density at radius 1 is 1.14 bits per heavy atom. The molecule has 10 heteroatoms. The monoisotopic (exact) mass is 516 g/mol. The molecule has 188 valence electrons. The number of pyridine rings is 3. The van der Waals surface area contributed by atoms with Crippen LogP contribution in [0.3, 0.4) is 0 Å². The summed E-state index contributed by atoms with van der Waals surface area (Å²) in [5, 5.41) is 15.4. The van der Waals surface area contributed by atoms with Crippen molar-refractivity contribution in [1.82, 2.24) is 24.3 Å². The van der Waals surface area contributed by atoms with E-state index >= 15 is 0 Å². The highest BCUT2D eigenvalue weighted by Gasteiger charge is 2.16. The maximum Gasteiger partial charge on any atom is 0.274 e. The second-order valence-electron chi connectivity index (χ2n) is 8.76. The third-order valence-electron chi connectivity index (χ3n) is 5.98. The largest absolute Gasteiger partial charge is 0.486 e. The van der Waals surface area contributed by atoms with Gasteiger partial charge in [0.25, 0.3) is 5.56 Å². The first-order valence-corrected chi connectivity index (χ1v) is 12.0. The summed E-state index contributed by atoms with van der Waals surface area (Å²) in [5.74, 6) is 0.570. The summed E-state index contributed by atoms with van der Waals surface area (Å²) >= 11 is 6.60. The van der Waals surface area contributed by atoms with E-state index in [2.05, 4.69) is 10.1 Å². The summed E-state index contributed by atoms with van der Waals surface area (Å²) in [7, 11) is 0.